The number of aryl methyl sites for hydroxylation is 1. The molecular formula is C18H15N3O2. The number of aromatic amines is 1. The van der Waals surface area contributed by atoms with Crippen LogP contribution in [0.2, 0.25) is 0 Å². The van der Waals surface area contributed by atoms with Crippen LogP contribution in [0.5, 0.6) is 0 Å². The van der Waals surface area contributed by atoms with Gasteiger partial charge in [-0.3, -0.25) is 4.79 Å². The number of aliphatic hydroxyl groups excluding tert-OH is 1. The Morgan fingerprint density at radius 3 is 2.87 bits per heavy atom. The van der Waals surface area contributed by atoms with E-state index in [-0.39, 0.29) is 12.2 Å². The maximum Gasteiger partial charge on any atom is 0.282 e. The van der Waals surface area contributed by atoms with Gasteiger partial charge in [0.2, 0.25) is 0 Å². The van der Waals surface area contributed by atoms with E-state index in [1.165, 1.54) is 4.68 Å². The third-order valence-corrected chi connectivity index (χ3v) is 4.02. The fourth-order valence-electron chi connectivity index (χ4n) is 2.84. The van der Waals surface area contributed by atoms with E-state index in [2.05, 4.69) is 10.1 Å². The van der Waals surface area contributed by atoms with Crippen LogP contribution < -0.4 is 5.56 Å². The summed E-state index contributed by atoms with van der Waals surface area (Å²) >= 11 is 0. The Balaban J connectivity index is 2.04. The van der Waals surface area contributed by atoms with Crippen molar-refractivity contribution in [1.29, 1.82) is 0 Å². The highest BCUT2D eigenvalue weighted by Gasteiger charge is 2.19. The highest BCUT2D eigenvalue weighted by Crippen LogP contribution is 2.27. The van der Waals surface area contributed by atoms with E-state index < -0.39 is 0 Å². The minimum atomic E-state index is -0.154. The molecule has 2 aromatic rings. The number of nitrogens with one attached hydrogen (secondary N) is 1. The van der Waals surface area contributed by atoms with Crippen LogP contribution in [0.1, 0.15) is 11.1 Å². The number of pyridine rings is 1. The van der Waals surface area contributed by atoms with Crippen molar-refractivity contribution in [1.82, 2.24) is 14.8 Å². The molecule has 0 saturated heterocycles. The Labute approximate surface area is 132 Å². The van der Waals surface area contributed by atoms with Crippen LogP contribution in [0.4, 0.5) is 0 Å². The lowest BCUT2D eigenvalue weighted by molar-refractivity contribution is 0.282. The van der Waals surface area contributed by atoms with Gasteiger partial charge in [0, 0.05) is 17.1 Å². The van der Waals surface area contributed by atoms with Crippen molar-refractivity contribution < 1.29 is 5.11 Å². The highest BCUT2D eigenvalue weighted by atomic mass is 16.3. The van der Waals surface area contributed by atoms with Gasteiger partial charge in [-0.1, -0.05) is 18.2 Å². The summed E-state index contributed by atoms with van der Waals surface area (Å²) in [5.41, 5.74) is 4.51. The fraction of sp³-hybridized carbons (Fsp3) is 0.111. The molecule has 114 valence electrons. The van der Waals surface area contributed by atoms with Crippen LogP contribution in [0.3, 0.4) is 0 Å². The number of benzene rings is 2. The van der Waals surface area contributed by atoms with Gasteiger partial charge in [-0.05, 0) is 42.3 Å². The molecule has 2 aliphatic heterocycles. The van der Waals surface area contributed by atoms with Crippen LogP contribution in [0.25, 0.3) is 27.8 Å². The minimum Gasteiger partial charge on any atom is -0.392 e. The molecule has 2 N–H and O–H groups in total. The second-order valence-electron chi connectivity index (χ2n) is 5.64. The van der Waals surface area contributed by atoms with Gasteiger partial charge in [0.25, 0.3) is 5.56 Å². The second kappa shape index (κ2) is 5.07. The number of aromatic nitrogens is 3. The number of nitrogens with zero attached hydrogens (tertiary/aromatic N) is 2. The lowest BCUT2D eigenvalue weighted by atomic mass is 10.1. The normalized spacial score (nSPS) is 11.4. The van der Waals surface area contributed by atoms with Gasteiger partial charge in [-0.2, -0.15) is 9.78 Å². The summed E-state index contributed by atoms with van der Waals surface area (Å²) in [6, 6.07) is 13.3. The molecule has 4 rings (SSSR count). The van der Waals surface area contributed by atoms with Crippen molar-refractivity contribution in [3.63, 3.8) is 0 Å². The first-order valence-corrected chi connectivity index (χ1v) is 7.38. The zero-order chi connectivity index (χ0) is 16.0. The van der Waals surface area contributed by atoms with Crippen molar-refractivity contribution in [2.45, 2.75) is 13.5 Å². The summed E-state index contributed by atoms with van der Waals surface area (Å²) in [6.45, 7) is 1.93. The van der Waals surface area contributed by atoms with Crippen LogP contribution in [-0.4, -0.2) is 19.9 Å². The van der Waals surface area contributed by atoms with Crippen LogP contribution in [0.15, 0.2) is 53.5 Å². The third-order valence-electron chi connectivity index (χ3n) is 4.02. The Hall–Kier alpha value is -2.92. The summed E-state index contributed by atoms with van der Waals surface area (Å²) in [7, 11) is 0. The van der Waals surface area contributed by atoms with Gasteiger partial charge < -0.3 is 10.1 Å². The lowest BCUT2D eigenvalue weighted by Gasteiger charge is -2.04. The highest BCUT2D eigenvalue weighted by molar-refractivity contribution is 5.93. The van der Waals surface area contributed by atoms with Gasteiger partial charge in [-0.15, -0.1) is 0 Å². The Kier molecular flexibility index (Phi) is 3.02. The number of hydrogen-bond donors (Lipinski definition) is 2. The van der Waals surface area contributed by atoms with Crippen LogP contribution in [-0.2, 0) is 6.61 Å². The van der Waals surface area contributed by atoms with Crippen molar-refractivity contribution in [2.24, 2.45) is 0 Å². The van der Waals surface area contributed by atoms with Gasteiger partial charge in [0.05, 0.1) is 17.9 Å². The number of hydrogen-bond acceptors (Lipinski definition) is 3. The molecule has 0 aromatic heterocycles. The second-order valence-corrected chi connectivity index (χ2v) is 5.64. The molecule has 0 saturated carbocycles. The van der Waals surface area contributed by atoms with Crippen molar-refractivity contribution in [3.8, 4) is 16.9 Å². The molecule has 0 amide bonds. The maximum absolute atomic E-state index is 12.7. The molecule has 5 heteroatoms. The molecule has 2 aromatic carbocycles. The molecule has 0 aliphatic carbocycles. The van der Waals surface area contributed by atoms with Gasteiger partial charge in [-0.25, -0.2) is 0 Å². The average Bonchev–Trinajstić information content (AvgIpc) is 2.92. The molecule has 0 radical (unpaired) electrons. The van der Waals surface area contributed by atoms with Gasteiger partial charge in [0.1, 0.15) is 5.69 Å². The maximum atomic E-state index is 12.7. The Morgan fingerprint density at radius 2 is 2.09 bits per heavy atom. The van der Waals surface area contributed by atoms with E-state index in [1.807, 2.05) is 49.4 Å². The zero-order valence-electron chi connectivity index (χ0n) is 12.6. The zero-order valence-corrected chi connectivity index (χ0v) is 12.6. The number of H-pyrrole nitrogens is 1. The predicted octanol–water partition coefficient (Wildman–Crippen LogP) is 2.62. The molecule has 2 aliphatic rings. The number of fused-ring (bicyclic) bond motifs is 3. The SMILES string of the molecule is Cc1cccc(-n2nc3c4cc(CO)ccc4[nH]cc-3c2=O)c1. The first-order valence-electron chi connectivity index (χ1n) is 7.38. The molecule has 0 fully saturated rings. The minimum absolute atomic E-state index is 0.0465. The van der Waals surface area contributed by atoms with Gasteiger partial charge in [0.15, 0.2) is 0 Å². The monoisotopic (exact) mass is 305 g/mol. The van der Waals surface area contributed by atoms with E-state index in [4.69, 9.17) is 0 Å². The fourth-order valence-corrected chi connectivity index (χ4v) is 2.84. The van der Waals surface area contributed by atoms with E-state index >= 15 is 0 Å². The standard InChI is InChI=1S/C18H15N3O2/c1-11-3-2-4-13(7-11)21-18(23)15-9-19-16-6-5-12(10-22)8-14(16)17(15)20-21/h2-9,19,22H,10H2,1H3. The molecule has 0 bridgehead atoms. The summed E-state index contributed by atoms with van der Waals surface area (Å²) < 4.78 is 1.43. The summed E-state index contributed by atoms with van der Waals surface area (Å²) in [5.74, 6) is 0. The van der Waals surface area contributed by atoms with Crippen LogP contribution >= 0.6 is 0 Å². The number of rotatable bonds is 2. The first-order chi connectivity index (χ1) is 11.2. The lowest BCUT2D eigenvalue weighted by Crippen LogP contribution is -2.14. The van der Waals surface area contributed by atoms with Gasteiger partial charge >= 0.3 is 0 Å². The number of aliphatic hydroxyl groups is 1. The summed E-state index contributed by atoms with van der Waals surface area (Å²) in [6.07, 6.45) is 1.69. The van der Waals surface area contributed by atoms with E-state index in [0.29, 0.717) is 11.3 Å². The average molecular weight is 305 g/mol. The van der Waals surface area contributed by atoms with E-state index in [0.717, 1.165) is 27.7 Å². The van der Waals surface area contributed by atoms with Crippen molar-refractivity contribution in [2.75, 3.05) is 0 Å². The smallest absolute Gasteiger partial charge is 0.282 e. The molecule has 5 nitrogen and oxygen atoms in total. The predicted molar refractivity (Wildman–Crippen MR) is 89.0 cm³/mol. The van der Waals surface area contributed by atoms with Crippen LogP contribution in [0, 0.1) is 6.92 Å². The summed E-state index contributed by atoms with van der Waals surface area (Å²) in [5, 5.41) is 14.7. The van der Waals surface area contributed by atoms with Crippen molar-refractivity contribution >= 4 is 10.9 Å². The Bertz CT molecular complexity index is 1050. The molecule has 0 unspecified atom stereocenters. The molecule has 2 heterocycles. The largest absolute Gasteiger partial charge is 0.392 e. The van der Waals surface area contributed by atoms with E-state index in [9.17, 15) is 9.90 Å². The summed E-state index contributed by atoms with van der Waals surface area (Å²) in [4.78, 5) is 15.8. The third kappa shape index (κ3) is 2.13. The van der Waals surface area contributed by atoms with E-state index in [1.54, 1.807) is 6.20 Å². The molecular weight excluding hydrogens is 290 g/mol. The van der Waals surface area contributed by atoms with Crippen molar-refractivity contribution in [3.05, 3.63) is 70.1 Å². The first kappa shape index (κ1) is 13.7. The quantitative estimate of drug-likeness (QED) is 0.598. The topological polar surface area (TPSA) is 70.9 Å². The Morgan fingerprint density at radius 1 is 1.22 bits per heavy atom. The molecule has 0 atom stereocenters. The molecule has 23 heavy (non-hydrogen) atoms. The molecule has 0 spiro atoms.